The van der Waals surface area contributed by atoms with Crippen LogP contribution in [0.3, 0.4) is 0 Å². The molecule has 1 N–H and O–H groups in total. The van der Waals surface area contributed by atoms with E-state index in [4.69, 9.17) is 16.3 Å². The molecule has 2 aliphatic rings. The zero-order valence-electron chi connectivity index (χ0n) is 10.2. The number of rotatable bonds is 2. The van der Waals surface area contributed by atoms with Crippen molar-refractivity contribution in [3.63, 3.8) is 0 Å². The van der Waals surface area contributed by atoms with E-state index in [1.54, 1.807) is 6.07 Å². The predicted molar refractivity (Wildman–Crippen MR) is 68.4 cm³/mol. The van der Waals surface area contributed by atoms with E-state index in [0.29, 0.717) is 11.6 Å². The van der Waals surface area contributed by atoms with Crippen LogP contribution in [-0.2, 0) is 16.1 Å². The number of benzene rings is 1. The van der Waals surface area contributed by atoms with Gasteiger partial charge in [-0.2, -0.15) is 0 Å². The molecule has 0 aliphatic carbocycles. The van der Waals surface area contributed by atoms with E-state index in [1.165, 1.54) is 12.1 Å². The van der Waals surface area contributed by atoms with Gasteiger partial charge in [-0.3, -0.25) is 9.69 Å². The third kappa shape index (κ3) is 2.73. The molecule has 19 heavy (non-hydrogen) atoms. The monoisotopic (exact) mass is 284 g/mol. The van der Waals surface area contributed by atoms with Gasteiger partial charge in [0.25, 0.3) is 0 Å². The number of carbonyl (C=O) groups is 1. The van der Waals surface area contributed by atoms with Crippen LogP contribution >= 0.6 is 11.6 Å². The largest absolute Gasteiger partial charge is 0.365 e. The van der Waals surface area contributed by atoms with Gasteiger partial charge >= 0.3 is 0 Å². The predicted octanol–water partition coefficient (Wildman–Crippen LogP) is 1.18. The molecule has 1 aromatic rings. The molecule has 2 fully saturated rings. The number of fused-ring (bicyclic) bond motifs is 1. The minimum Gasteiger partial charge on any atom is -0.365 e. The Balaban J connectivity index is 1.67. The van der Waals surface area contributed by atoms with Gasteiger partial charge in [0, 0.05) is 24.7 Å². The molecule has 0 spiro atoms. The summed E-state index contributed by atoms with van der Waals surface area (Å²) >= 11 is 6.02. The summed E-state index contributed by atoms with van der Waals surface area (Å²) in [7, 11) is 0. The summed E-state index contributed by atoms with van der Waals surface area (Å²) in [5.74, 6) is -0.401. The Morgan fingerprint density at radius 3 is 3.11 bits per heavy atom. The van der Waals surface area contributed by atoms with Crippen LogP contribution in [0.25, 0.3) is 0 Å². The van der Waals surface area contributed by atoms with E-state index in [1.807, 2.05) is 0 Å². The molecule has 0 unspecified atom stereocenters. The summed E-state index contributed by atoms with van der Waals surface area (Å²) in [5.41, 5.74) is 0.882. The summed E-state index contributed by atoms with van der Waals surface area (Å²) in [6.45, 7) is 2.24. The summed E-state index contributed by atoms with van der Waals surface area (Å²) in [6, 6.07) is 4.46. The van der Waals surface area contributed by atoms with Crippen LogP contribution in [0.2, 0.25) is 5.02 Å². The molecule has 1 aromatic carbocycles. The molecule has 4 nitrogen and oxygen atoms in total. The summed E-state index contributed by atoms with van der Waals surface area (Å²) < 4.78 is 18.5. The maximum Gasteiger partial charge on any atom is 0.246 e. The molecule has 1 amide bonds. The van der Waals surface area contributed by atoms with E-state index in [2.05, 4.69) is 10.2 Å². The number of ether oxygens (including phenoxy) is 1. The molecule has 2 atom stereocenters. The Hall–Kier alpha value is -1.17. The average Bonchev–Trinajstić information content (AvgIpc) is 2.74. The smallest absolute Gasteiger partial charge is 0.246 e. The summed E-state index contributed by atoms with van der Waals surface area (Å²) in [6.07, 6.45) is 0.0388. The van der Waals surface area contributed by atoms with Crippen molar-refractivity contribution >= 4 is 17.5 Å². The van der Waals surface area contributed by atoms with Gasteiger partial charge in [-0.25, -0.2) is 4.39 Å². The zero-order valence-corrected chi connectivity index (χ0v) is 11.0. The van der Waals surface area contributed by atoms with Crippen LogP contribution < -0.4 is 5.32 Å². The van der Waals surface area contributed by atoms with Crippen molar-refractivity contribution < 1.29 is 13.9 Å². The van der Waals surface area contributed by atoms with E-state index in [-0.39, 0.29) is 30.5 Å². The highest BCUT2D eigenvalue weighted by molar-refractivity contribution is 6.31. The van der Waals surface area contributed by atoms with Gasteiger partial charge in [0.15, 0.2) is 0 Å². The van der Waals surface area contributed by atoms with Gasteiger partial charge in [-0.05, 0) is 17.7 Å². The molecule has 0 bridgehead atoms. The number of nitrogens with one attached hydrogen (secondary N) is 1. The zero-order chi connectivity index (χ0) is 13.4. The van der Waals surface area contributed by atoms with Gasteiger partial charge in [0.1, 0.15) is 12.4 Å². The third-order valence-electron chi connectivity index (χ3n) is 3.53. The number of halogens is 2. The number of hydrogen-bond donors (Lipinski definition) is 1. The minimum atomic E-state index is -0.334. The molecular formula is C13H14ClFN2O2. The van der Waals surface area contributed by atoms with Gasteiger partial charge in [-0.15, -0.1) is 0 Å². The highest BCUT2D eigenvalue weighted by atomic mass is 35.5. The average molecular weight is 285 g/mol. The van der Waals surface area contributed by atoms with Gasteiger partial charge < -0.3 is 10.1 Å². The fourth-order valence-corrected chi connectivity index (χ4v) is 2.84. The highest BCUT2D eigenvalue weighted by Gasteiger charge is 2.37. The molecular weight excluding hydrogens is 271 g/mol. The molecule has 0 aromatic heterocycles. The van der Waals surface area contributed by atoms with E-state index >= 15 is 0 Å². The van der Waals surface area contributed by atoms with Crippen molar-refractivity contribution in [1.82, 2.24) is 10.2 Å². The first kappa shape index (κ1) is 12.8. The van der Waals surface area contributed by atoms with Crippen LogP contribution in [0.4, 0.5) is 4.39 Å². The number of hydrogen-bond acceptors (Lipinski definition) is 3. The molecule has 6 heteroatoms. The van der Waals surface area contributed by atoms with Crippen molar-refractivity contribution in [1.29, 1.82) is 0 Å². The molecule has 0 saturated carbocycles. The van der Waals surface area contributed by atoms with E-state index < -0.39 is 0 Å². The van der Waals surface area contributed by atoms with Crippen molar-refractivity contribution in [3.8, 4) is 0 Å². The van der Waals surface area contributed by atoms with Gasteiger partial charge in [-0.1, -0.05) is 17.7 Å². The quantitative estimate of drug-likeness (QED) is 0.887. The number of nitrogens with zero attached hydrogens (tertiary/aromatic N) is 1. The Bertz CT molecular complexity index is 511. The molecule has 2 saturated heterocycles. The topological polar surface area (TPSA) is 41.6 Å². The third-order valence-corrected chi connectivity index (χ3v) is 3.88. The Morgan fingerprint density at radius 1 is 1.47 bits per heavy atom. The highest BCUT2D eigenvalue weighted by Crippen LogP contribution is 2.23. The summed E-state index contributed by atoms with van der Waals surface area (Å²) in [4.78, 5) is 13.4. The van der Waals surface area contributed by atoms with E-state index in [9.17, 15) is 9.18 Å². The molecule has 0 radical (unpaired) electrons. The lowest BCUT2D eigenvalue weighted by molar-refractivity contribution is -0.134. The molecule has 102 valence electrons. The van der Waals surface area contributed by atoms with Crippen molar-refractivity contribution in [2.75, 3.05) is 19.7 Å². The second-order valence-electron chi connectivity index (χ2n) is 4.95. The first-order chi connectivity index (χ1) is 9.11. The molecule has 2 aliphatic heterocycles. The normalized spacial score (nSPS) is 27.2. The van der Waals surface area contributed by atoms with Crippen LogP contribution in [0.1, 0.15) is 5.56 Å². The van der Waals surface area contributed by atoms with Crippen LogP contribution in [0.15, 0.2) is 18.2 Å². The standard InChI is InChI=1S/C13H14ClFN2O2/c14-10-3-9(15)2-1-8(10)4-17-5-11-12(6-17)19-7-13(18)16-11/h1-3,11-12H,4-7H2,(H,16,18)/t11-,12-/m0/s1. The Labute approximate surface area is 115 Å². The molecule has 3 rings (SSSR count). The van der Waals surface area contributed by atoms with Crippen molar-refractivity contribution in [3.05, 3.63) is 34.6 Å². The Kier molecular flexibility index (Phi) is 3.43. The lowest BCUT2D eigenvalue weighted by atomic mass is 10.2. The number of morpholine rings is 1. The maximum absolute atomic E-state index is 13.0. The van der Waals surface area contributed by atoms with Crippen molar-refractivity contribution in [2.45, 2.75) is 18.7 Å². The van der Waals surface area contributed by atoms with Gasteiger partial charge in [0.2, 0.25) is 5.91 Å². The molecule has 2 heterocycles. The van der Waals surface area contributed by atoms with Crippen LogP contribution in [0.5, 0.6) is 0 Å². The first-order valence-electron chi connectivity index (χ1n) is 6.19. The minimum absolute atomic E-state index is 0.0388. The fourth-order valence-electron chi connectivity index (χ4n) is 2.61. The summed E-state index contributed by atoms with van der Waals surface area (Å²) in [5, 5.41) is 3.35. The number of likely N-dealkylation sites (tertiary alicyclic amines) is 1. The van der Waals surface area contributed by atoms with Gasteiger partial charge in [0.05, 0.1) is 12.1 Å². The van der Waals surface area contributed by atoms with Crippen LogP contribution in [0, 0.1) is 5.82 Å². The van der Waals surface area contributed by atoms with Crippen LogP contribution in [-0.4, -0.2) is 42.6 Å². The van der Waals surface area contributed by atoms with E-state index in [0.717, 1.165) is 18.7 Å². The second kappa shape index (κ2) is 5.07. The number of carbonyl (C=O) groups excluding carboxylic acids is 1. The number of amides is 1. The SMILES string of the molecule is O=C1CO[C@H]2CN(Cc3ccc(F)cc3Cl)C[C@@H]2N1. The Morgan fingerprint density at radius 2 is 2.32 bits per heavy atom. The lowest BCUT2D eigenvalue weighted by Gasteiger charge is -2.25. The first-order valence-corrected chi connectivity index (χ1v) is 6.57. The second-order valence-corrected chi connectivity index (χ2v) is 5.36. The fraction of sp³-hybridized carbons (Fsp3) is 0.462. The van der Waals surface area contributed by atoms with Crippen molar-refractivity contribution in [2.24, 2.45) is 0 Å². The lowest BCUT2D eigenvalue weighted by Crippen LogP contribution is -2.50. The maximum atomic E-state index is 13.0.